The summed E-state index contributed by atoms with van der Waals surface area (Å²) in [5.41, 5.74) is 3.07. The lowest BCUT2D eigenvalue weighted by Gasteiger charge is -2.01. The maximum atomic E-state index is 10.9. The van der Waals surface area contributed by atoms with Crippen LogP contribution in [0.2, 0.25) is 0 Å². The minimum atomic E-state index is -0.0551. The molecule has 2 rings (SSSR count). The number of anilines is 1. The lowest BCUT2D eigenvalue weighted by Crippen LogP contribution is -3.00. The summed E-state index contributed by atoms with van der Waals surface area (Å²) in [5, 5.41) is 2.75. The molecule has 1 heterocycles. The molecule has 0 unspecified atom stereocenters. The van der Waals surface area contributed by atoms with Crippen LogP contribution in [0.1, 0.15) is 18.1 Å². The van der Waals surface area contributed by atoms with E-state index < -0.39 is 0 Å². The van der Waals surface area contributed by atoms with Crippen LogP contribution in [0.3, 0.4) is 0 Å². The summed E-state index contributed by atoms with van der Waals surface area (Å²) in [5.74, 6) is -0.0551. The van der Waals surface area contributed by atoms with Crippen LogP contribution < -0.4 is 33.9 Å². The summed E-state index contributed by atoms with van der Waals surface area (Å²) >= 11 is 0. The van der Waals surface area contributed by atoms with Gasteiger partial charge in [-0.25, -0.2) is 4.57 Å². The van der Waals surface area contributed by atoms with Crippen molar-refractivity contribution < 1.29 is 33.3 Å². The summed E-state index contributed by atoms with van der Waals surface area (Å²) in [6.07, 6.45) is 8.14. The Kier molecular flexibility index (Phi) is 6.38. The van der Waals surface area contributed by atoms with Gasteiger partial charge in [-0.15, -0.1) is 0 Å². The molecule has 3 nitrogen and oxygen atoms in total. The number of aryl methyl sites for hydroxylation is 1. The number of carbonyl (C=O) groups excluding carboxylic acids is 1. The highest BCUT2D eigenvalue weighted by molar-refractivity contribution is 5.88. The molecule has 0 spiro atoms. The van der Waals surface area contributed by atoms with E-state index >= 15 is 0 Å². The van der Waals surface area contributed by atoms with Gasteiger partial charge in [0.15, 0.2) is 12.4 Å². The van der Waals surface area contributed by atoms with Crippen LogP contribution in [0.4, 0.5) is 5.69 Å². The SMILES string of the molecule is CC(=O)Nc1ccc(/C=C/c2cc[n+](C)cc2)cc1.[I-]. The van der Waals surface area contributed by atoms with Crippen LogP contribution in [-0.4, -0.2) is 5.91 Å². The van der Waals surface area contributed by atoms with Gasteiger partial charge in [-0.05, 0) is 23.3 Å². The zero-order valence-electron chi connectivity index (χ0n) is 11.5. The quantitative estimate of drug-likeness (QED) is 0.573. The number of benzene rings is 1. The Morgan fingerprint density at radius 3 is 2.00 bits per heavy atom. The standard InChI is InChI=1S/C16H16N2O.HI/c1-13(19)17-16-7-5-14(6-8-16)3-4-15-9-11-18(2)12-10-15;/h3-12H,1-2H3;1H. The summed E-state index contributed by atoms with van der Waals surface area (Å²) in [7, 11) is 1.99. The van der Waals surface area contributed by atoms with Gasteiger partial charge in [0.05, 0.1) is 0 Å². The Morgan fingerprint density at radius 1 is 1.00 bits per heavy atom. The minimum Gasteiger partial charge on any atom is -1.00 e. The highest BCUT2D eigenvalue weighted by atomic mass is 127. The van der Waals surface area contributed by atoms with E-state index in [0.29, 0.717) is 0 Å². The molecule has 1 amide bonds. The predicted octanol–water partition coefficient (Wildman–Crippen LogP) is -0.356. The van der Waals surface area contributed by atoms with Gasteiger partial charge < -0.3 is 29.3 Å². The zero-order valence-corrected chi connectivity index (χ0v) is 13.7. The molecule has 1 N–H and O–H groups in total. The molecule has 0 saturated carbocycles. The fraction of sp³-hybridized carbons (Fsp3) is 0.125. The number of nitrogens with zero attached hydrogens (tertiary/aromatic N) is 1. The smallest absolute Gasteiger partial charge is 0.221 e. The number of hydrogen-bond acceptors (Lipinski definition) is 1. The molecule has 0 aliphatic rings. The fourth-order valence-electron chi connectivity index (χ4n) is 1.70. The number of aromatic nitrogens is 1. The summed E-state index contributed by atoms with van der Waals surface area (Å²) in [6, 6.07) is 11.9. The van der Waals surface area contributed by atoms with Crippen molar-refractivity contribution in [3.63, 3.8) is 0 Å². The molecule has 104 valence electrons. The van der Waals surface area contributed by atoms with Crippen LogP contribution in [0.25, 0.3) is 12.2 Å². The Bertz CT molecular complexity index is 589. The Hall–Kier alpha value is -1.69. The van der Waals surface area contributed by atoms with Crippen molar-refractivity contribution in [2.75, 3.05) is 5.32 Å². The zero-order chi connectivity index (χ0) is 13.7. The lowest BCUT2D eigenvalue weighted by molar-refractivity contribution is -0.671. The molecule has 0 aliphatic carbocycles. The van der Waals surface area contributed by atoms with Crippen molar-refractivity contribution in [3.8, 4) is 0 Å². The van der Waals surface area contributed by atoms with Gasteiger partial charge in [0.25, 0.3) is 0 Å². The van der Waals surface area contributed by atoms with E-state index in [-0.39, 0.29) is 29.9 Å². The number of hydrogen-bond donors (Lipinski definition) is 1. The molecule has 1 aromatic carbocycles. The number of nitrogens with one attached hydrogen (secondary N) is 1. The average Bonchev–Trinajstić information content (AvgIpc) is 2.39. The largest absolute Gasteiger partial charge is 1.00 e. The predicted molar refractivity (Wildman–Crippen MR) is 77.3 cm³/mol. The number of pyridine rings is 1. The molecule has 20 heavy (non-hydrogen) atoms. The third kappa shape index (κ3) is 5.13. The number of rotatable bonds is 3. The van der Waals surface area contributed by atoms with Crippen LogP contribution in [0.5, 0.6) is 0 Å². The normalized spacial score (nSPS) is 10.1. The van der Waals surface area contributed by atoms with E-state index in [1.54, 1.807) is 0 Å². The van der Waals surface area contributed by atoms with E-state index in [9.17, 15) is 4.79 Å². The minimum absolute atomic E-state index is 0. The molecular formula is C16H17IN2O. The third-order valence-electron chi connectivity index (χ3n) is 2.70. The van der Waals surface area contributed by atoms with Crippen LogP contribution in [0, 0.1) is 0 Å². The molecule has 0 atom stereocenters. The summed E-state index contributed by atoms with van der Waals surface area (Å²) < 4.78 is 2.00. The van der Waals surface area contributed by atoms with Crippen molar-refractivity contribution in [1.82, 2.24) is 0 Å². The number of halogens is 1. The van der Waals surface area contributed by atoms with E-state index in [2.05, 4.69) is 23.5 Å². The molecule has 0 aliphatic heterocycles. The van der Waals surface area contributed by atoms with Gasteiger partial charge in [-0.2, -0.15) is 0 Å². The highest BCUT2D eigenvalue weighted by Crippen LogP contribution is 2.12. The molecular weight excluding hydrogens is 363 g/mol. The maximum absolute atomic E-state index is 10.9. The van der Waals surface area contributed by atoms with Crippen molar-refractivity contribution in [2.24, 2.45) is 7.05 Å². The molecule has 4 heteroatoms. The summed E-state index contributed by atoms with van der Waals surface area (Å²) in [6.45, 7) is 1.50. The van der Waals surface area contributed by atoms with Gasteiger partial charge in [0.2, 0.25) is 5.91 Å². The van der Waals surface area contributed by atoms with Gasteiger partial charge >= 0.3 is 0 Å². The molecule has 0 saturated heterocycles. The first kappa shape index (κ1) is 16.4. The number of amides is 1. The van der Waals surface area contributed by atoms with Gasteiger partial charge in [0.1, 0.15) is 7.05 Å². The van der Waals surface area contributed by atoms with Crippen molar-refractivity contribution in [3.05, 3.63) is 59.9 Å². The van der Waals surface area contributed by atoms with E-state index in [0.717, 1.165) is 16.8 Å². The fourth-order valence-corrected chi connectivity index (χ4v) is 1.70. The van der Waals surface area contributed by atoms with Crippen LogP contribution in [0.15, 0.2) is 48.8 Å². The third-order valence-corrected chi connectivity index (χ3v) is 2.70. The second kappa shape index (κ2) is 7.79. The van der Waals surface area contributed by atoms with Crippen LogP contribution >= 0.6 is 0 Å². The second-order valence-corrected chi connectivity index (χ2v) is 4.43. The first-order chi connectivity index (χ1) is 9.13. The van der Waals surface area contributed by atoms with Crippen molar-refractivity contribution in [2.45, 2.75) is 6.92 Å². The summed E-state index contributed by atoms with van der Waals surface area (Å²) in [4.78, 5) is 10.9. The average molecular weight is 380 g/mol. The lowest BCUT2D eigenvalue weighted by atomic mass is 10.1. The topological polar surface area (TPSA) is 33.0 Å². The number of carbonyl (C=O) groups is 1. The molecule has 1 aromatic heterocycles. The van der Waals surface area contributed by atoms with E-state index in [1.165, 1.54) is 6.92 Å². The Balaban J connectivity index is 0.00000200. The molecule has 2 aromatic rings. The van der Waals surface area contributed by atoms with E-state index in [4.69, 9.17) is 0 Å². The van der Waals surface area contributed by atoms with Gasteiger partial charge in [0, 0.05) is 24.7 Å². The Labute approximate surface area is 136 Å². The highest BCUT2D eigenvalue weighted by Gasteiger charge is 1.95. The molecule has 0 radical (unpaired) electrons. The van der Waals surface area contributed by atoms with Gasteiger partial charge in [-0.1, -0.05) is 24.3 Å². The second-order valence-electron chi connectivity index (χ2n) is 4.43. The van der Waals surface area contributed by atoms with E-state index in [1.807, 2.05) is 54.3 Å². The maximum Gasteiger partial charge on any atom is 0.221 e. The monoisotopic (exact) mass is 380 g/mol. The first-order valence-electron chi connectivity index (χ1n) is 6.14. The van der Waals surface area contributed by atoms with Crippen molar-refractivity contribution in [1.29, 1.82) is 0 Å². The Morgan fingerprint density at radius 2 is 1.50 bits per heavy atom. The van der Waals surface area contributed by atoms with Gasteiger partial charge in [-0.3, -0.25) is 4.79 Å². The molecule has 0 bridgehead atoms. The molecule has 0 fully saturated rings. The first-order valence-corrected chi connectivity index (χ1v) is 6.14. The van der Waals surface area contributed by atoms with Crippen LogP contribution in [-0.2, 0) is 11.8 Å². The van der Waals surface area contributed by atoms with Crippen molar-refractivity contribution >= 4 is 23.7 Å².